The summed E-state index contributed by atoms with van der Waals surface area (Å²) in [5, 5.41) is 40.6. The monoisotopic (exact) mass is 369 g/mol. The molecule has 0 amide bonds. The van der Waals surface area contributed by atoms with Gasteiger partial charge in [-0.05, 0) is 42.3 Å². The van der Waals surface area contributed by atoms with Crippen molar-refractivity contribution in [3.63, 3.8) is 0 Å². The molecular formula is C16H20NO7P. The molecule has 0 aromatic heterocycles. The van der Waals surface area contributed by atoms with Crippen LogP contribution in [-0.4, -0.2) is 41.7 Å². The summed E-state index contributed by atoms with van der Waals surface area (Å²) in [6, 6.07) is 5.83. The maximum atomic E-state index is 11.2. The zero-order valence-corrected chi connectivity index (χ0v) is 14.3. The Kier molecular flexibility index (Phi) is 5.51. The van der Waals surface area contributed by atoms with Crippen molar-refractivity contribution in [2.24, 2.45) is 10.7 Å². The minimum Gasteiger partial charge on any atom is -0.508 e. The lowest BCUT2D eigenvalue weighted by molar-refractivity contribution is -0.192. The molecule has 6 N–H and O–H groups in total. The van der Waals surface area contributed by atoms with Crippen LogP contribution in [0.3, 0.4) is 0 Å². The minimum absolute atomic E-state index is 0.0157. The predicted octanol–water partition coefficient (Wildman–Crippen LogP) is 1.73. The van der Waals surface area contributed by atoms with Gasteiger partial charge in [-0.2, -0.15) is 4.76 Å². The van der Waals surface area contributed by atoms with Crippen molar-refractivity contribution in [2.75, 3.05) is 0 Å². The number of aliphatic hydroxyl groups is 3. The Bertz CT molecular complexity index is 761. The van der Waals surface area contributed by atoms with Crippen LogP contribution in [0.4, 0.5) is 0 Å². The molecule has 2 atom stereocenters. The summed E-state index contributed by atoms with van der Waals surface area (Å²) in [5.41, 5.74) is 0.247. The third-order valence-electron chi connectivity index (χ3n) is 4.00. The van der Waals surface area contributed by atoms with Gasteiger partial charge in [0.25, 0.3) is 0 Å². The highest BCUT2D eigenvalue weighted by Gasteiger charge is 2.44. The Morgan fingerprint density at radius 2 is 1.76 bits per heavy atom. The largest absolute Gasteiger partial charge is 0.508 e. The van der Waals surface area contributed by atoms with Gasteiger partial charge in [-0.25, -0.2) is 4.57 Å². The summed E-state index contributed by atoms with van der Waals surface area (Å²) in [6.07, 6.45) is 3.64. The van der Waals surface area contributed by atoms with E-state index in [0.717, 1.165) is 18.2 Å². The van der Waals surface area contributed by atoms with E-state index < -0.39 is 25.4 Å². The van der Waals surface area contributed by atoms with Crippen LogP contribution in [0.2, 0.25) is 0 Å². The van der Waals surface area contributed by atoms with Crippen molar-refractivity contribution in [3.05, 3.63) is 53.8 Å². The van der Waals surface area contributed by atoms with E-state index in [-0.39, 0.29) is 23.6 Å². The van der Waals surface area contributed by atoms with Crippen LogP contribution >= 0.6 is 7.75 Å². The highest BCUT2D eigenvalue weighted by molar-refractivity contribution is 7.50. The Morgan fingerprint density at radius 1 is 1.16 bits per heavy atom. The number of rotatable bonds is 5. The van der Waals surface area contributed by atoms with E-state index in [0.29, 0.717) is 5.56 Å². The van der Waals surface area contributed by atoms with Gasteiger partial charge in [0.1, 0.15) is 11.5 Å². The van der Waals surface area contributed by atoms with E-state index >= 15 is 0 Å². The Labute approximate surface area is 144 Å². The zero-order valence-electron chi connectivity index (χ0n) is 13.4. The van der Waals surface area contributed by atoms with E-state index in [9.17, 15) is 25.0 Å². The molecule has 1 aliphatic rings. The number of hydrogen-bond acceptors (Lipinski definition) is 5. The first-order valence-electron chi connectivity index (χ1n) is 7.52. The molecule has 0 saturated carbocycles. The third kappa shape index (κ3) is 4.56. The molecule has 2 rings (SSSR count). The lowest BCUT2D eigenvalue weighted by Gasteiger charge is -2.37. The molecule has 1 aromatic rings. The van der Waals surface area contributed by atoms with Gasteiger partial charge in [-0.1, -0.05) is 19.1 Å². The Hall–Kier alpha value is -1.96. The SMILES string of the molecule is CCC(c1ccc(O)cc1)C(O)(O)C1C=C(O)C=CC1=NP(=O)(O)O. The first-order chi connectivity index (χ1) is 11.5. The molecule has 0 fully saturated rings. The van der Waals surface area contributed by atoms with Gasteiger partial charge in [-0.3, -0.25) is 0 Å². The summed E-state index contributed by atoms with van der Waals surface area (Å²) in [7, 11) is -4.81. The lowest BCUT2D eigenvalue weighted by atomic mass is 9.77. The van der Waals surface area contributed by atoms with Crippen molar-refractivity contribution in [2.45, 2.75) is 25.0 Å². The van der Waals surface area contributed by atoms with Crippen molar-refractivity contribution < 1.29 is 34.8 Å². The van der Waals surface area contributed by atoms with Crippen LogP contribution in [0.1, 0.15) is 24.8 Å². The number of benzene rings is 1. The maximum Gasteiger partial charge on any atom is 0.448 e. The number of phenols is 1. The summed E-state index contributed by atoms with van der Waals surface area (Å²) in [4.78, 5) is 18.2. The second-order valence-electron chi connectivity index (χ2n) is 5.78. The normalized spacial score (nSPS) is 21.2. The predicted molar refractivity (Wildman–Crippen MR) is 91.1 cm³/mol. The molecule has 8 nitrogen and oxygen atoms in total. The third-order valence-corrected chi connectivity index (χ3v) is 4.49. The number of hydrogen-bond donors (Lipinski definition) is 6. The van der Waals surface area contributed by atoms with E-state index in [2.05, 4.69) is 4.76 Å². The average Bonchev–Trinajstić information content (AvgIpc) is 2.50. The van der Waals surface area contributed by atoms with E-state index in [1.54, 1.807) is 6.92 Å². The molecule has 25 heavy (non-hydrogen) atoms. The van der Waals surface area contributed by atoms with Crippen LogP contribution in [0.5, 0.6) is 5.75 Å². The Balaban J connectivity index is 2.49. The van der Waals surface area contributed by atoms with Gasteiger partial charge in [0.2, 0.25) is 0 Å². The molecule has 1 aliphatic carbocycles. The van der Waals surface area contributed by atoms with Crippen molar-refractivity contribution >= 4 is 13.5 Å². The Morgan fingerprint density at radius 3 is 2.28 bits per heavy atom. The fourth-order valence-corrected chi connectivity index (χ4v) is 3.37. The molecule has 0 radical (unpaired) electrons. The van der Waals surface area contributed by atoms with Crippen LogP contribution in [-0.2, 0) is 4.57 Å². The van der Waals surface area contributed by atoms with Crippen molar-refractivity contribution in [1.29, 1.82) is 0 Å². The molecular weight excluding hydrogens is 349 g/mol. The second-order valence-corrected chi connectivity index (χ2v) is 7.00. The molecule has 0 spiro atoms. The first-order valence-corrected chi connectivity index (χ1v) is 9.09. The van der Waals surface area contributed by atoms with Crippen LogP contribution in [0.15, 0.2) is 53.0 Å². The van der Waals surface area contributed by atoms with Gasteiger partial charge in [0.15, 0.2) is 5.79 Å². The summed E-state index contributed by atoms with van der Waals surface area (Å²) >= 11 is 0. The van der Waals surface area contributed by atoms with Crippen LogP contribution in [0.25, 0.3) is 0 Å². The number of aromatic hydroxyl groups is 1. The summed E-state index contributed by atoms with van der Waals surface area (Å²) in [5.74, 6) is -4.97. The molecule has 0 bridgehead atoms. The van der Waals surface area contributed by atoms with Gasteiger partial charge in [0.05, 0.1) is 11.6 Å². The van der Waals surface area contributed by atoms with E-state index in [1.807, 2.05) is 0 Å². The zero-order chi connectivity index (χ0) is 18.8. The van der Waals surface area contributed by atoms with Gasteiger partial charge >= 0.3 is 7.75 Å². The van der Waals surface area contributed by atoms with Gasteiger partial charge < -0.3 is 30.2 Å². The van der Waals surface area contributed by atoms with E-state index in [4.69, 9.17) is 9.79 Å². The molecule has 0 heterocycles. The quantitative estimate of drug-likeness (QED) is 0.342. The molecule has 136 valence electrons. The molecule has 1 aromatic carbocycles. The summed E-state index contributed by atoms with van der Waals surface area (Å²) in [6.45, 7) is 1.71. The minimum atomic E-state index is -4.81. The fraction of sp³-hybridized carbons (Fsp3) is 0.312. The number of aliphatic hydroxyl groups excluding tert-OH is 1. The van der Waals surface area contributed by atoms with Crippen molar-refractivity contribution in [1.82, 2.24) is 0 Å². The fourth-order valence-electron chi connectivity index (χ4n) is 2.88. The topological polar surface area (TPSA) is 151 Å². The van der Waals surface area contributed by atoms with Gasteiger partial charge in [0, 0.05) is 5.92 Å². The second kappa shape index (κ2) is 7.11. The average molecular weight is 369 g/mol. The molecule has 0 saturated heterocycles. The smallest absolute Gasteiger partial charge is 0.448 e. The van der Waals surface area contributed by atoms with Crippen molar-refractivity contribution in [3.8, 4) is 5.75 Å². The standard InChI is InChI=1S/C16H20NO7P/c1-2-13(10-3-5-11(18)6-4-10)16(20,21)14-9-12(19)7-8-15(14)17-25(22,23)24/h3-9,13-14,18-21H,2H2,1H3,(H2,22,23,24). The number of allylic oxidation sites excluding steroid dienone is 2. The van der Waals surface area contributed by atoms with E-state index in [1.165, 1.54) is 24.3 Å². The molecule has 0 aliphatic heterocycles. The molecule has 2 unspecified atom stereocenters. The highest BCUT2D eigenvalue weighted by atomic mass is 31.2. The summed E-state index contributed by atoms with van der Waals surface area (Å²) < 4.78 is 14.5. The maximum absolute atomic E-state index is 11.2. The first kappa shape index (κ1) is 19.4. The highest BCUT2D eigenvalue weighted by Crippen LogP contribution is 2.42. The van der Waals surface area contributed by atoms with Crippen LogP contribution < -0.4 is 0 Å². The van der Waals surface area contributed by atoms with Crippen LogP contribution in [0, 0.1) is 5.92 Å². The van der Waals surface area contributed by atoms with Gasteiger partial charge in [-0.15, -0.1) is 0 Å². The number of nitrogens with zero attached hydrogens (tertiary/aromatic N) is 1. The lowest BCUT2D eigenvalue weighted by Crippen LogP contribution is -2.46. The molecule has 9 heteroatoms. The number of phenolic OH excluding ortho intramolecular Hbond substituents is 1.